The summed E-state index contributed by atoms with van der Waals surface area (Å²) >= 11 is 0. The Morgan fingerprint density at radius 3 is 2.70 bits per heavy atom. The Kier molecular flexibility index (Phi) is 4.68. The highest BCUT2D eigenvalue weighted by atomic mass is 19.1. The standard InChI is InChI=1S/C22H24FN3O/c1-3-15(2)13-26-20-11-7-5-9-18(20)24-22(26)16-12-21(27)25(14-16)19-10-6-4-8-17(19)23/h4-11,15-16H,3,12-14H2,1-2H3/t15-,16-/m1/s1. The van der Waals surface area contributed by atoms with Gasteiger partial charge in [0.25, 0.3) is 0 Å². The van der Waals surface area contributed by atoms with Crippen molar-refractivity contribution in [2.75, 3.05) is 11.4 Å². The fourth-order valence-electron chi connectivity index (χ4n) is 3.82. The van der Waals surface area contributed by atoms with Crippen molar-refractivity contribution in [1.82, 2.24) is 9.55 Å². The molecule has 1 saturated heterocycles. The first kappa shape index (κ1) is 17.7. The lowest BCUT2D eigenvalue weighted by Gasteiger charge is -2.19. The van der Waals surface area contributed by atoms with Gasteiger partial charge in [-0.05, 0) is 30.2 Å². The van der Waals surface area contributed by atoms with Gasteiger partial charge in [-0.3, -0.25) is 4.79 Å². The molecule has 1 aliphatic rings. The van der Waals surface area contributed by atoms with Gasteiger partial charge in [0, 0.05) is 25.4 Å². The number of para-hydroxylation sites is 3. The number of anilines is 1. The van der Waals surface area contributed by atoms with E-state index in [0.717, 1.165) is 29.8 Å². The first-order chi connectivity index (χ1) is 13.1. The third-order valence-corrected chi connectivity index (χ3v) is 5.51. The number of halogens is 1. The van der Waals surface area contributed by atoms with Crippen LogP contribution in [0.1, 0.15) is 38.4 Å². The summed E-state index contributed by atoms with van der Waals surface area (Å²) in [6, 6.07) is 14.6. The number of carbonyl (C=O) groups is 1. The predicted molar refractivity (Wildman–Crippen MR) is 105 cm³/mol. The number of benzene rings is 2. The molecule has 1 fully saturated rings. The lowest BCUT2D eigenvalue weighted by Crippen LogP contribution is -2.25. The molecule has 140 valence electrons. The zero-order chi connectivity index (χ0) is 19.0. The summed E-state index contributed by atoms with van der Waals surface area (Å²) in [6.07, 6.45) is 1.44. The van der Waals surface area contributed by atoms with Crippen LogP contribution in [-0.4, -0.2) is 22.0 Å². The first-order valence-corrected chi connectivity index (χ1v) is 9.58. The van der Waals surface area contributed by atoms with E-state index in [0.29, 0.717) is 24.6 Å². The Labute approximate surface area is 158 Å². The molecule has 4 rings (SSSR count). The summed E-state index contributed by atoms with van der Waals surface area (Å²) in [7, 11) is 0. The number of imidazole rings is 1. The third-order valence-electron chi connectivity index (χ3n) is 5.51. The largest absolute Gasteiger partial charge is 0.327 e. The predicted octanol–water partition coefficient (Wildman–Crippen LogP) is 4.74. The molecule has 27 heavy (non-hydrogen) atoms. The van der Waals surface area contributed by atoms with Crippen molar-refractivity contribution in [3.63, 3.8) is 0 Å². The molecule has 5 heteroatoms. The quantitative estimate of drug-likeness (QED) is 0.655. The minimum absolute atomic E-state index is 0.0337. The zero-order valence-electron chi connectivity index (χ0n) is 15.7. The van der Waals surface area contributed by atoms with Crippen LogP contribution in [0.15, 0.2) is 48.5 Å². The van der Waals surface area contributed by atoms with Gasteiger partial charge < -0.3 is 9.47 Å². The van der Waals surface area contributed by atoms with Crippen molar-refractivity contribution in [2.45, 2.75) is 39.2 Å². The third kappa shape index (κ3) is 3.22. The molecular formula is C22H24FN3O. The first-order valence-electron chi connectivity index (χ1n) is 9.58. The zero-order valence-corrected chi connectivity index (χ0v) is 15.7. The van der Waals surface area contributed by atoms with Gasteiger partial charge in [0.15, 0.2) is 0 Å². The highest BCUT2D eigenvalue weighted by Crippen LogP contribution is 2.34. The van der Waals surface area contributed by atoms with E-state index in [1.165, 1.54) is 6.07 Å². The topological polar surface area (TPSA) is 38.1 Å². The summed E-state index contributed by atoms with van der Waals surface area (Å²) in [6.45, 7) is 5.74. The molecule has 0 unspecified atom stereocenters. The van der Waals surface area contributed by atoms with Gasteiger partial charge in [0.2, 0.25) is 5.91 Å². The van der Waals surface area contributed by atoms with Crippen molar-refractivity contribution >= 4 is 22.6 Å². The molecule has 1 amide bonds. The van der Waals surface area contributed by atoms with Crippen LogP contribution in [0.5, 0.6) is 0 Å². The Morgan fingerprint density at radius 1 is 1.19 bits per heavy atom. The molecule has 4 nitrogen and oxygen atoms in total. The van der Waals surface area contributed by atoms with Crippen molar-refractivity contribution in [3.8, 4) is 0 Å². The van der Waals surface area contributed by atoms with Crippen molar-refractivity contribution < 1.29 is 9.18 Å². The van der Waals surface area contributed by atoms with Crippen LogP contribution in [0.2, 0.25) is 0 Å². The summed E-state index contributed by atoms with van der Waals surface area (Å²) < 4.78 is 16.5. The average molecular weight is 365 g/mol. The molecule has 2 atom stereocenters. The minimum Gasteiger partial charge on any atom is -0.327 e. The number of amides is 1. The van der Waals surface area contributed by atoms with Crippen LogP contribution in [0, 0.1) is 11.7 Å². The number of hydrogen-bond acceptors (Lipinski definition) is 2. The van der Waals surface area contributed by atoms with E-state index in [1.807, 2.05) is 18.2 Å². The number of carbonyl (C=O) groups excluding carboxylic acids is 1. The smallest absolute Gasteiger partial charge is 0.227 e. The SMILES string of the molecule is CC[C@@H](C)Cn1c([C@@H]2CC(=O)N(c3ccccc3F)C2)nc2ccccc21. The lowest BCUT2D eigenvalue weighted by molar-refractivity contribution is -0.117. The van der Waals surface area contributed by atoms with E-state index in [2.05, 4.69) is 24.5 Å². The molecule has 1 aromatic heterocycles. The monoisotopic (exact) mass is 365 g/mol. The van der Waals surface area contributed by atoms with Crippen LogP contribution in [0.25, 0.3) is 11.0 Å². The summed E-state index contributed by atoms with van der Waals surface area (Å²) in [4.78, 5) is 19.1. The molecule has 0 spiro atoms. The fraction of sp³-hybridized carbons (Fsp3) is 0.364. The summed E-state index contributed by atoms with van der Waals surface area (Å²) in [5.41, 5.74) is 2.41. The van der Waals surface area contributed by atoms with Crippen LogP contribution < -0.4 is 4.90 Å². The van der Waals surface area contributed by atoms with Gasteiger partial charge in [-0.15, -0.1) is 0 Å². The van der Waals surface area contributed by atoms with Crippen molar-refractivity contribution in [2.24, 2.45) is 5.92 Å². The molecule has 0 radical (unpaired) electrons. The fourth-order valence-corrected chi connectivity index (χ4v) is 3.82. The van der Waals surface area contributed by atoms with Crippen LogP contribution in [0.4, 0.5) is 10.1 Å². The Balaban J connectivity index is 1.71. The highest BCUT2D eigenvalue weighted by Gasteiger charge is 2.35. The lowest BCUT2D eigenvalue weighted by atomic mass is 10.1. The minimum atomic E-state index is -0.361. The van der Waals surface area contributed by atoms with Crippen LogP contribution in [-0.2, 0) is 11.3 Å². The number of aromatic nitrogens is 2. The van der Waals surface area contributed by atoms with Crippen LogP contribution >= 0.6 is 0 Å². The molecule has 0 bridgehead atoms. The summed E-state index contributed by atoms with van der Waals surface area (Å²) in [5, 5.41) is 0. The molecule has 0 N–H and O–H groups in total. The van der Waals surface area contributed by atoms with Gasteiger partial charge in [-0.25, -0.2) is 9.37 Å². The van der Waals surface area contributed by atoms with Gasteiger partial charge >= 0.3 is 0 Å². The van der Waals surface area contributed by atoms with Crippen LogP contribution in [0.3, 0.4) is 0 Å². The second kappa shape index (κ2) is 7.14. The Hall–Kier alpha value is -2.69. The number of nitrogens with zero attached hydrogens (tertiary/aromatic N) is 3. The van der Waals surface area contributed by atoms with Crippen molar-refractivity contribution in [3.05, 3.63) is 60.2 Å². The molecule has 0 saturated carbocycles. The molecule has 1 aliphatic heterocycles. The molecule has 3 aromatic rings. The number of fused-ring (bicyclic) bond motifs is 1. The van der Waals surface area contributed by atoms with Gasteiger partial charge in [-0.1, -0.05) is 44.5 Å². The molecular weight excluding hydrogens is 341 g/mol. The Bertz CT molecular complexity index is 981. The molecule has 0 aliphatic carbocycles. The maximum Gasteiger partial charge on any atom is 0.227 e. The maximum atomic E-state index is 14.2. The summed E-state index contributed by atoms with van der Waals surface area (Å²) in [5.74, 6) is 1.00. The van der Waals surface area contributed by atoms with E-state index in [1.54, 1.807) is 23.1 Å². The second-order valence-corrected chi connectivity index (χ2v) is 7.44. The van der Waals surface area contributed by atoms with E-state index in [4.69, 9.17) is 4.98 Å². The maximum absolute atomic E-state index is 14.2. The van der Waals surface area contributed by atoms with E-state index in [9.17, 15) is 9.18 Å². The number of hydrogen-bond donors (Lipinski definition) is 0. The second-order valence-electron chi connectivity index (χ2n) is 7.44. The molecule has 2 aromatic carbocycles. The normalized spacial score (nSPS) is 18.4. The van der Waals surface area contributed by atoms with E-state index in [-0.39, 0.29) is 17.6 Å². The van der Waals surface area contributed by atoms with Gasteiger partial charge in [-0.2, -0.15) is 0 Å². The van der Waals surface area contributed by atoms with E-state index < -0.39 is 0 Å². The van der Waals surface area contributed by atoms with Crippen molar-refractivity contribution in [1.29, 1.82) is 0 Å². The van der Waals surface area contributed by atoms with E-state index >= 15 is 0 Å². The highest BCUT2D eigenvalue weighted by molar-refractivity contribution is 5.96. The average Bonchev–Trinajstić information content (AvgIpc) is 3.23. The van der Waals surface area contributed by atoms with Gasteiger partial charge in [0.1, 0.15) is 11.6 Å². The number of rotatable bonds is 5. The van der Waals surface area contributed by atoms with Gasteiger partial charge in [0.05, 0.1) is 16.7 Å². The molecule has 2 heterocycles. The Morgan fingerprint density at radius 2 is 1.93 bits per heavy atom.